The second kappa shape index (κ2) is 21.0. The summed E-state index contributed by atoms with van der Waals surface area (Å²) in [4.78, 5) is 71.5. The van der Waals surface area contributed by atoms with Crippen LogP contribution in [0.25, 0.3) is 0 Å². The second-order valence-corrected chi connectivity index (χ2v) is 11.3. The molecule has 1 unspecified atom stereocenters. The van der Waals surface area contributed by atoms with Gasteiger partial charge in [-0.25, -0.2) is 0 Å². The van der Waals surface area contributed by atoms with E-state index in [4.69, 9.17) is 9.47 Å². The number of benzene rings is 2. The van der Waals surface area contributed by atoms with Crippen LogP contribution in [-0.2, 0) is 37.0 Å². The first-order chi connectivity index (χ1) is 23.7. The highest BCUT2D eigenvalue weighted by molar-refractivity contribution is 5.89. The van der Waals surface area contributed by atoms with Crippen molar-refractivity contribution in [1.82, 2.24) is 14.7 Å². The van der Waals surface area contributed by atoms with E-state index in [0.717, 1.165) is 45.6 Å². The van der Waals surface area contributed by atoms with Gasteiger partial charge in [-0.2, -0.15) is 0 Å². The van der Waals surface area contributed by atoms with Crippen molar-refractivity contribution in [2.24, 2.45) is 0 Å². The minimum absolute atomic E-state index is 0.113. The molecule has 2 rings (SSSR count). The Balaban J connectivity index is 2.30. The molecule has 0 amide bonds. The summed E-state index contributed by atoms with van der Waals surface area (Å²) in [5.74, 6) is -10.1. The number of ether oxygens (including phenoxy) is 2. The Morgan fingerprint density at radius 1 is 0.660 bits per heavy atom. The average Bonchev–Trinajstić information content (AvgIpc) is 3.02. The van der Waals surface area contributed by atoms with Crippen molar-refractivity contribution < 1.29 is 68.9 Å². The highest BCUT2D eigenvalue weighted by Crippen LogP contribution is 2.25. The van der Waals surface area contributed by atoms with Crippen molar-refractivity contribution in [1.29, 1.82) is 0 Å². The maximum atomic E-state index is 12.0. The minimum Gasteiger partial charge on any atom is -0.549 e. The minimum atomic E-state index is -1.72. The number of carboxylic acid groups (broad SMARTS) is 6. The normalized spacial score (nSPS) is 11.8. The van der Waals surface area contributed by atoms with Crippen LogP contribution in [-0.4, -0.2) is 116 Å². The molecule has 0 aliphatic rings. The van der Waals surface area contributed by atoms with E-state index in [-0.39, 0.29) is 31.2 Å². The van der Waals surface area contributed by atoms with Crippen molar-refractivity contribution in [3.63, 3.8) is 0 Å². The van der Waals surface area contributed by atoms with E-state index in [9.17, 15) is 59.4 Å². The molecule has 0 aliphatic carbocycles. The van der Waals surface area contributed by atoms with Gasteiger partial charge in [0.05, 0.1) is 41.9 Å². The third kappa shape index (κ3) is 15.8. The standard InChI is InChI=1S/C33H43N3O14/c1-2-3-4-22-5-7-23(8-6-22)20-49-25-9-10-27(26(13-25)33(47)48)50-21-24(36(18-31(43)44)19-32(45)46)14-34(15-28(37)38)11-12-35(16-29(39)40)17-30(41)42/h5-10,13,24H,2-4,11-12,14-21H2,1H3,(H,37,38)(H,39,40)(H,41,42)(H,43,44)(H,45,46)(H,47,48)/p-6. The molecule has 17 heteroatoms. The maximum absolute atomic E-state index is 12.0. The van der Waals surface area contributed by atoms with E-state index >= 15 is 0 Å². The molecule has 2 aromatic carbocycles. The molecule has 0 heterocycles. The van der Waals surface area contributed by atoms with Crippen molar-refractivity contribution >= 4 is 35.8 Å². The first-order valence-electron chi connectivity index (χ1n) is 15.5. The molecule has 50 heavy (non-hydrogen) atoms. The van der Waals surface area contributed by atoms with Gasteiger partial charge in [0.15, 0.2) is 0 Å². The number of unbranched alkanes of at least 4 members (excludes halogenated alkanes) is 1. The van der Waals surface area contributed by atoms with Crippen molar-refractivity contribution in [3.8, 4) is 11.5 Å². The van der Waals surface area contributed by atoms with Gasteiger partial charge in [-0.3, -0.25) is 14.7 Å². The summed E-state index contributed by atoms with van der Waals surface area (Å²) in [6, 6.07) is 10.2. The van der Waals surface area contributed by atoms with Crippen LogP contribution in [0.15, 0.2) is 42.5 Å². The molecule has 0 bridgehead atoms. The summed E-state index contributed by atoms with van der Waals surface area (Å²) in [6.45, 7) is -4.11. The Morgan fingerprint density at radius 3 is 1.70 bits per heavy atom. The number of carbonyl (C=O) groups is 6. The van der Waals surface area contributed by atoms with Gasteiger partial charge in [-0.1, -0.05) is 37.6 Å². The number of aromatic carboxylic acids is 1. The molecular formula is C33H37N3O14-6. The number of carbonyl (C=O) groups excluding carboxylic acids is 6. The van der Waals surface area contributed by atoms with Crippen LogP contribution >= 0.6 is 0 Å². The van der Waals surface area contributed by atoms with Crippen LogP contribution in [0.4, 0.5) is 0 Å². The van der Waals surface area contributed by atoms with Crippen LogP contribution in [0, 0.1) is 0 Å². The van der Waals surface area contributed by atoms with Crippen LogP contribution in [0.3, 0.4) is 0 Å². The zero-order valence-electron chi connectivity index (χ0n) is 27.4. The first kappa shape index (κ1) is 40.9. The van der Waals surface area contributed by atoms with Crippen LogP contribution in [0.2, 0.25) is 0 Å². The number of nitrogens with zero attached hydrogens (tertiary/aromatic N) is 3. The summed E-state index contributed by atoms with van der Waals surface area (Å²) in [5.41, 5.74) is 1.53. The zero-order chi connectivity index (χ0) is 37.2. The van der Waals surface area contributed by atoms with Crippen molar-refractivity contribution in [3.05, 3.63) is 59.2 Å². The van der Waals surface area contributed by atoms with Gasteiger partial charge in [0.2, 0.25) is 0 Å². The van der Waals surface area contributed by atoms with E-state index < -0.39 is 93.3 Å². The van der Waals surface area contributed by atoms with Gasteiger partial charge in [0, 0.05) is 57.9 Å². The molecule has 0 N–H and O–H groups in total. The fourth-order valence-corrected chi connectivity index (χ4v) is 4.92. The number of hydrogen-bond acceptors (Lipinski definition) is 17. The summed E-state index contributed by atoms with van der Waals surface area (Å²) in [5, 5.41) is 68.7. The summed E-state index contributed by atoms with van der Waals surface area (Å²) < 4.78 is 11.4. The number of carboxylic acids is 6. The molecule has 0 fully saturated rings. The molecular weight excluding hydrogens is 662 g/mol. The van der Waals surface area contributed by atoms with E-state index in [2.05, 4.69) is 6.92 Å². The molecule has 17 nitrogen and oxygen atoms in total. The third-order valence-corrected chi connectivity index (χ3v) is 7.29. The van der Waals surface area contributed by atoms with Gasteiger partial charge in [0.1, 0.15) is 24.7 Å². The lowest BCUT2D eigenvalue weighted by Gasteiger charge is -2.37. The quantitative estimate of drug-likeness (QED) is 0.0883. The van der Waals surface area contributed by atoms with E-state index in [1.807, 2.05) is 24.3 Å². The van der Waals surface area contributed by atoms with E-state index in [0.29, 0.717) is 0 Å². The van der Waals surface area contributed by atoms with Crippen molar-refractivity contribution in [2.45, 2.75) is 38.8 Å². The predicted octanol–water partition coefficient (Wildman–Crippen LogP) is -6.63. The summed E-state index contributed by atoms with van der Waals surface area (Å²) in [7, 11) is 0. The van der Waals surface area contributed by atoms with Crippen molar-refractivity contribution in [2.75, 3.05) is 59.0 Å². The Morgan fingerprint density at radius 2 is 1.18 bits per heavy atom. The third-order valence-electron chi connectivity index (χ3n) is 7.29. The molecule has 0 aliphatic heterocycles. The van der Waals surface area contributed by atoms with Gasteiger partial charge in [-0.15, -0.1) is 0 Å². The molecule has 0 aromatic heterocycles. The molecule has 0 radical (unpaired) electrons. The van der Waals surface area contributed by atoms with E-state index in [1.165, 1.54) is 17.7 Å². The van der Waals surface area contributed by atoms with Gasteiger partial charge >= 0.3 is 0 Å². The second-order valence-electron chi connectivity index (χ2n) is 11.3. The highest BCUT2D eigenvalue weighted by atomic mass is 16.5. The van der Waals surface area contributed by atoms with Gasteiger partial charge in [-0.05, 0) is 42.2 Å². The summed E-state index contributed by atoms with van der Waals surface area (Å²) in [6.07, 6.45) is 3.06. The first-order valence-corrected chi connectivity index (χ1v) is 15.5. The Bertz CT molecular complexity index is 1430. The highest BCUT2D eigenvalue weighted by Gasteiger charge is 2.24. The number of rotatable bonds is 26. The Hall–Kier alpha value is -5.26. The molecule has 2 aromatic rings. The lowest BCUT2D eigenvalue weighted by atomic mass is 10.1. The van der Waals surface area contributed by atoms with Gasteiger partial charge in [0.25, 0.3) is 0 Å². The Kier molecular flexibility index (Phi) is 17.2. The SMILES string of the molecule is CCCCc1ccc(COc2ccc(OCC(CN(CCN(CC(=O)[O-])CC(=O)[O-])CC(=O)[O-])N(CC(=O)[O-])CC(=O)[O-])c(C(=O)[O-])c2)cc1. The molecule has 1 atom stereocenters. The topological polar surface area (TPSA) is 269 Å². The van der Waals surface area contributed by atoms with Crippen LogP contribution < -0.4 is 40.1 Å². The molecule has 0 saturated heterocycles. The fourth-order valence-electron chi connectivity index (χ4n) is 4.92. The average molecular weight is 700 g/mol. The van der Waals surface area contributed by atoms with Crippen LogP contribution in [0.1, 0.15) is 41.3 Å². The number of aryl methyl sites for hydroxylation is 1. The van der Waals surface area contributed by atoms with Gasteiger partial charge < -0.3 is 68.9 Å². The number of aliphatic carboxylic acids is 5. The smallest absolute Gasteiger partial charge is 0.128 e. The fraction of sp³-hybridized carbons (Fsp3) is 0.455. The predicted molar refractivity (Wildman–Crippen MR) is 159 cm³/mol. The maximum Gasteiger partial charge on any atom is 0.128 e. The van der Waals surface area contributed by atoms with Crippen LogP contribution in [0.5, 0.6) is 11.5 Å². The molecule has 0 saturated carbocycles. The zero-order valence-corrected chi connectivity index (χ0v) is 27.4. The largest absolute Gasteiger partial charge is 0.549 e. The number of hydrogen-bond donors (Lipinski definition) is 0. The Labute approximate surface area is 287 Å². The lowest BCUT2D eigenvalue weighted by molar-refractivity contribution is -0.313. The molecule has 0 spiro atoms. The summed E-state index contributed by atoms with van der Waals surface area (Å²) >= 11 is 0. The van der Waals surface area contributed by atoms with E-state index in [1.54, 1.807) is 0 Å². The lowest BCUT2D eigenvalue weighted by Crippen LogP contribution is -2.56. The molecule has 274 valence electrons. The monoisotopic (exact) mass is 699 g/mol.